The van der Waals surface area contributed by atoms with Crippen LogP contribution in [0.25, 0.3) is 0 Å². The molecule has 0 radical (unpaired) electrons. The Balaban J connectivity index is 1.71. The number of nitrogens with zero attached hydrogens (tertiary/aromatic N) is 1. The van der Waals surface area contributed by atoms with E-state index in [9.17, 15) is 14.4 Å². The van der Waals surface area contributed by atoms with E-state index >= 15 is 4.39 Å². The number of hydrogen-bond donors (Lipinski definition) is 4. The van der Waals surface area contributed by atoms with Crippen molar-refractivity contribution in [2.24, 2.45) is 11.8 Å². The maximum Gasteiger partial charge on any atom is 0.426 e. The fourth-order valence-electron chi connectivity index (χ4n) is 4.31. The molecule has 218 valence electrons. The van der Waals surface area contributed by atoms with Gasteiger partial charge in [-0.15, -0.1) is 0 Å². The molecule has 4 N–H and O–H groups in total. The van der Waals surface area contributed by atoms with Gasteiger partial charge in [-0.05, 0) is 78.7 Å². The van der Waals surface area contributed by atoms with Crippen LogP contribution in [0.15, 0.2) is 6.07 Å². The van der Waals surface area contributed by atoms with Crippen molar-refractivity contribution < 1.29 is 28.2 Å². The second-order valence-electron chi connectivity index (χ2n) is 12.3. The Morgan fingerprint density at radius 2 is 1.67 bits per heavy atom. The highest BCUT2D eigenvalue weighted by Crippen LogP contribution is 2.42. The molecule has 0 aromatic heterocycles. The lowest BCUT2D eigenvalue weighted by Gasteiger charge is -2.26. The van der Waals surface area contributed by atoms with Gasteiger partial charge in [-0.3, -0.25) is 10.2 Å². The fraction of sp³-hybridized carbons (Fsp3) is 0.667. The van der Waals surface area contributed by atoms with Gasteiger partial charge in [0.1, 0.15) is 17.0 Å². The molecule has 0 bridgehead atoms. The summed E-state index contributed by atoms with van der Waals surface area (Å²) >= 11 is 6.75. The summed E-state index contributed by atoms with van der Waals surface area (Å²) in [5, 5.41) is 6.17. The quantitative estimate of drug-likeness (QED) is 0.333. The lowest BCUT2D eigenvalue weighted by atomic mass is 9.93. The first-order valence-electron chi connectivity index (χ1n) is 13.3. The first-order valence-corrected chi connectivity index (χ1v) is 13.7. The van der Waals surface area contributed by atoms with E-state index in [4.69, 9.17) is 21.1 Å². The summed E-state index contributed by atoms with van der Waals surface area (Å²) in [5.74, 6) is -1.05. The van der Waals surface area contributed by atoms with Crippen LogP contribution in [0.2, 0.25) is 5.02 Å². The van der Waals surface area contributed by atoms with Crippen LogP contribution in [0, 0.1) is 17.7 Å². The van der Waals surface area contributed by atoms with Crippen molar-refractivity contribution >= 4 is 41.1 Å². The minimum absolute atomic E-state index is 0.0186. The topological polar surface area (TPSA) is 121 Å². The molecular weight excluding hydrogens is 529 g/mol. The average Bonchev–Trinajstić information content (AvgIpc) is 3.49. The van der Waals surface area contributed by atoms with E-state index < -0.39 is 35.1 Å². The molecule has 1 saturated carbocycles. The van der Waals surface area contributed by atoms with E-state index in [1.54, 1.807) is 20.8 Å². The van der Waals surface area contributed by atoms with E-state index in [-0.39, 0.29) is 34.2 Å². The molecule has 0 spiro atoms. The molecule has 1 aliphatic heterocycles. The number of ether oxygens (including phenoxy) is 2. The zero-order chi connectivity index (χ0) is 29.1. The molecule has 1 aromatic carbocycles. The number of nitrogens with one attached hydrogen (secondary N) is 4. The number of anilines is 2. The monoisotopic (exact) mass is 569 g/mol. The van der Waals surface area contributed by atoms with Crippen LogP contribution in [0.1, 0.15) is 78.1 Å². The molecule has 1 saturated heterocycles. The zero-order valence-electron chi connectivity index (χ0n) is 23.8. The molecule has 1 aliphatic carbocycles. The number of amides is 3. The van der Waals surface area contributed by atoms with E-state index in [0.717, 1.165) is 25.3 Å². The number of benzene rings is 1. The first-order chi connectivity index (χ1) is 18.0. The van der Waals surface area contributed by atoms with Gasteiger partial charge in [-0.25, -0.2) is 19.4 Å². The summed E-state index contributed by atoms with van der Waals surface area (Å²) < 4.78 is 25.9. The van der Waals surface area contributed by atoms with Crippen molar-refractivity contribution in [2.75, 3.05) is 29.9 Å². The van der Waals surface area contributed by atoms with E-state index in [2.05, 4.69) is 21.5 Å². The van der Waals surface area contributed by atoms with Gasteiger partial charge < -0.3 is 25.0 Å². The van der Waals surface area contributed by atoms with Gasteiger partial charge in [0.2, 0.25) is 0 Å². The normalized spacial score (nSPS) is 18.3. The van der Waals surface area contributed by atoms with Crippen LogP contribution in [0.4, 0.5) is 25.4 Å². The van der Waals surface area contributed by atoms with Crippen molar-refractivity contribution in [2.45, 2.75) is 85.0 Å². The number of carbonyl (C=O) groups is 3. The second-order valence-corrected chi connectivity index (χ2v) is 12.7. The third-order valence-electron chi connectivity index (χ3n) is 6.35. The SMILES string of the molecule is CC(CNC(=O)OC(C)(C)C)[C@H]1CCN(c2c(F)cc(C(=O)NNC(=O)OC(C)(C)C)c(NC3CC3)c2Cl)C1. The van der Waals surface area contributed by atoms with Gasteiger partial charge in [0.25, 0.3) is 5.91 Å². The van der Waals surface area contributed by atoms with Crippen LogP contribution in [-0.4, -0.2) is 55.0 Å². The molecule has 3 rings (SSSR count). The predicted octanol–water partition coefficient (Wildman–Crippen LogP) is 5.21. The second kappa shape index (κ2) is 12.1. The van der Waals surface area contributed by atoms with Crippen LogP contribution < -0.4 is 26.4 Å². The number of hydrogen-bond acceptors (Lipinski definition) is 7. The molecule has 2 aliphatic rings. The Morgan fingerprint density at radius 3 is 2.26 bits per heavy atom. The van der Waals surface area contributed by atoms with Gasteiger partial charge in [0, 0.05) is 25.7 Å². The standard InChI is InChI=1S/C27H41ClFN5O5/c1-15(13-30-24(36)38-26(2,3)4)16-10-11-34(14-16)22-19(29)12-18(21(20(22)28)31-17-8-9-17)23(35)32-33-25(37)39-27(5,6)7/h12,15-17,31H,8-11,13-14H2,1-7H3,(H,30,36)(H,32,35)(H,33,37)/t15?,16-/m0/s1. The largest absolute Gasteiger partial charge is 0.444 e. The van der Waals surface area contributed by atoms with Crippen LogP contribution in [0.3, 0.4) is 0 Å². The van der Waals surface area contributed by atoms with Crippen molar-refractivity contribution in [1.29, 1.82) is 0 Å². The molecule has 3 amide bonds. The summed E-state index contributed by atoms with van der Waals surface area (Å²) in [5.41, 5.74) is 3.67. The molecule has 1 unspecified atom stereocenters. The molecule has 39 heavy (non-hydrogen) atoms. The maximum atomic E-state index is 15.5. The van der Waals surface area contributed by atoms with Gasteiger partial charge in [-0.2, -0.15) is 0 Å². The lowest BCUT2D eigenvalue weighted by molar-refractivity contribution is 0.0481. The smallest absolute Gasteiger partial charge is 0.426 e. The van der Waals surface area contributed by atoms with Crippen molar-refractivity contribution in [3.05, 3.63) is 22.5 Å². The Labute approximate surface area is 234 Å². The minimum atomic E-state index is -0.839. The zero-order valence-corrected chi connectivity index (χ0v) is 24.6. The van der Waals surface area contributed by atoms with Crippen LogP contribution >= 0.6 is 11.6 Å². The highest BCUT2D eigenvalue weighted by atomic mass is 35.5. The Kier molecular flexibility index (Phi) is 9.46. The average molecular weight is 570 g/mol. The molecule has 2 atom stereocenters. The fourth-order valence-corrected chi connectivity index (χ4v) is 4.68. The van der Waals surface area contributed by atoms with Crippen molar-refractivity contribution in [3.63, 3.8) is 0 Å². The lowest BCUT2D eigenvalue weighted by Crippen LogP contribution is -2.44. The summed E-state index contributed by atoms with van der Waals surface area (Å²) in [4.78, 5) is 38.8. The Morgan fingerprint density at radius 1 is 1.05 bits per heavy atom. The summed E-state index contributed by atoms with van der Waals surface area (Å²) in [6, 6.07) is 1.27. The van der Waals surface area contributed by atoms with Gasteiger partial charge >= 0.3 is 12.2 Å². The van der Waals surface area contributed by atoms with Crippen LogP contribution in [-0.2, 0) is 9.47 Å². The highest BCUT2D eigenvalue weighted by Gasteiger charge is 2.34. The third kappa shape index (κ3) is 9.05. The third-order valence-corrected chi connectivity index (χ3v) is 6.72. The summed E-state index contributed by atoms with van der Waals surface area (Å²) in [7, 11) is 0. The number of alkyl carbamates (subject to hydrolysis) is 1. The van der Waals surface area contributed by atoms with Crippen molar-refractivity contribution in [3.8, 4) is 0 Å². The minimum Gasteiger partial charge on any atom is -0.444 e. The highest BCUT2D eigenvalue weighted by molar-refractivity contribution is 6.37. The number of rotatable bonds is 7. The number of halogens is 2. The van der Waals surface area contributed by atoms with Gasteiger partial charge in [0.05, 0.1) is 22.0 Å². The van der Waals surface area contributed by atoms with Crippen molar-refractivity contribution in [1.82, 2.24) is 16.2 Å². The first kappa shape index (κ1) is 30.6. The Hall–Kier alpha value is -2.95. The molecule has 10 nitrogen and oxygen atoms in total. The van der Waals surface area contributed by atoms with Gasteiger partial charge in [0.15, 0.2) is 0 Å². The van der Waals surface area contributed by atoms with Crippen LogP contribution in [0.5, 0.6) is 0 Å². The molecule has 1 heterocycles. The summed E-state index contributed by atoms with van der Waals surface area (Å²) in [6.45, 7) is 14.1. The van der Waals surface area contributed by atoms with E-state index in [1.165, 1.54) is 0 Å². The van der Waals surface area contributed by atoms with E-state index in [1.807, 2.05) is 32.6 Å². The number of carbonyl (C=O) groups excluding carboxylic acids is 3. The van der Waals surface area contributed by atoms with Gasteiger partial charge in [-0.1, -0.05) is 18.5 Å². The molecular formula is C27H41ClFN5O5. The molecule has 2 fully saturated rings. The Bertz CT molecular complexity index is 1080. The summed E-state index contributed by atoms with van der Waals surface area (Å²) in [6.07, 6.45) is 1.31. The van der Waals surface area contributed by atoms with E-state index in [0.29, 0.717) is 25.3 Å². The number of hydrazine groups is 1. The predicted molar refractivity (Wildman–Crippen MR) is 149 cm³/mol. The maximum absolute atomic E-state index is 15.5. The molecule has 1 aromatic rings. The molecule has 12 heteroatoms.